The second-order valence-electron chi connectivity index (χ2n) is 6.32. The monoisotopic (exact) mass is 369 g/mol. The lowest BCUT2D eigenvalue weighted by Gasteiger charge is -2.18. The van der Waals surface area contributed by atoms with Crippen LogP contribution in [-0.4, -0.2) is 39.0 Å². The molecule has 8 heteroatoms. The van der Waals surface area contributed by atoms with Crippen LogP contribution in [-0.2, 0) is 23.1 Å². The van der Waals surface area contributed by atoms with Gasteiger partial charge in [-0.2, -0.15) is 5.10 Å². The molecule has 0 radical (unpaired) electrons. The van der Waals surface area contributed by atoms with Crippen molar-refractivity contribution in [2.45, 2.75) is 25.4 Å². The molecule has 1 atom stereocenters. The van der Waals surface area contributed by atoms with E-state index in [4.69, 9.17) is 4.74 Å². The second kappa shape index (κ2) is 8.59. The average molecular weight is 369 g/mol. The molecule has 142 valence electrons. The molecule has 3 rings (SSSR count). The summed E-state index contributed by atoms with van der Waals surface area (Å²) in [6.45, 7) is 0.796. The quantitative estimate of drug-likeness (QED) is 0.648. The lowest BCUT2D eigenvalue weighted by Crippen LogP contribution is -2.32. The predicted molar refractivity (Wildman–Crippen MR) is 101 cm³/mol. The minimum Gasteiger partial charge on any atom is -0.382 e. The zero-order chi connectivity index (χ0) is 19.2. The van der Waals surface area contributed by atoms with E-state index in [2.05, 4.69) is 15.4 Å². The number of hydrogen-bond acceptors (Lipinski definition) is 5. The third-order valence-electron chi connectivity index (χ3n) is 4.42. The van der Waals surface area contributed by atoms with Crippen LogP contribution in [0.15, 0.2) is 47.7 Å². The van der Waals surface area contributed by atoms with Crippen LogP contribution in [0.4, 0.5) is 0 Å². The van der Waals surface area contributed by atoms with Crippen LogP contribution in [0.3, 0.4) is 0 Å². The van der Waals surface area contributed by atoms with Gasteiger partial charge in [0.05, 0.1) is 35.6 Å². The molecule has 0 aliphatic heterocycles. The normalized spacial score (nSPS) is 12.2. The average Bonchev–Trinajstić information content (AvgIpc) is 3.09. The summed E-state index contributed by atoms with van der Waals surface area (Å²) >= 11 is 0. The zero-order valence-corrected chi connectivity index (χ0v) is 15.5. The molecule has 0 aliphatic rings. The maximum absolute atomic E-state index is 12.5. The number of nitrogens with zero attached hydrogens (tertiary/aromatic N) is 4. The second-order valence-corrected chi connectivity index (χ2v) is 6.32. The number of carbonyl (C=O) groups excluding carboxylic acids is 1. The number of aromatic nitrogens is 4. The Kier molecular flexibility index (Phi) is 5.97. The van der Waals surface area contributed by atoms with Crippen molar-refractivity contribution in [1.29, 1.82) is 0 Å². The fraction of sp³-hybridized carbons (Fsp3) is 0.368. The number of aryl methyl sites for hydroxylation is 2. The summed E-state index contributed by atoms with van der Waals surface area (Å²) < 4.78 is 8.46. The van der Waals surface area contributed by atoms with E-state index >= 15 is 0 Å². The molecule has 2 heterocycles. The number of para-hydroxylation sites is 1. The first-order valence-electron chi connectivity index (χ1n) is 8.80. The smallest absolute Gasteiger partial charge is 0.261 e. The Balaban J connectivity index is 1.58. The van der Waals surface area contributed by atoms with E-state index in [1.54, 1.807) is 28.6 Å². The van der Waals surface area contributed by atoms with Gasteiger partial charge in [0.15, 0.2) is 0 Å². The van der Waals surface area contributed by atoms with Crippen molar-refractivity contribution in [2.75, 3.05) is 13.7 Å². The fourth-order valence-electron chi connectivity index (χ4n) is 3.04. The van der Waals surface area contributed by atoms with Crippen molar-refractivity contribution < 1.29 is 9.53 Å². The molecule has 8 nitrogen and oxygen atoms in total. The Bertz CT molecular complexity index is 979. The van der Waals surface area contributed by atoms with Crippen LogP contribution < -0.4 is 10.9 Å². The third kappa shape index (κ3) is 4.40. The van der Waals surface area contributed by atoms with Gasteiger partial charge >= 0.3 is 0 Å². The van der Waals surface area contributed by atoms with Crippen LogP contribution in [0.25, 0.3) is 10.9 Å². The minimum absolute atomic E-state index is 0.0897. The highest BCUT2D eigenvalue weighted by Crippen LogP contribution is 2.12. The van der Waals surface area contributed by atoms with Gasteiger partial charge in [-0.15, -0.1) is 0 Å². The summed E-state index contributed by atoms with van der Waals surface area (Å²) in [5.74, 6) is -0.0972. The lowest BCUT2D eigenvalue weighted by atomic mass is 10.2. The molecule has 2 aromatic heterocycles. The van der Waals surface area contributed by atoms with E-state index in [1.807, 2.05) is 31.3 Å². The first-order valence-corrected chi connectivity index (χ1v) is 8.80. The Morgan fingerprint density at radius 1 is 1.30 bits per heavy atom. The molecule has 0 saturated carbocycles. The maximum atomic E-state index is 12.5. The van der Waals surface area contributed by atoms with Gasteiger partial charge in [0.25, 0.3) is 5.56 Å². The van der Waals surface area contributed by atoms with E-state index in [-0.39, 0.29) is 17.5 Å². The summed E-state index contributed by atoms with van der Waals surface area (Å²) in [5, 5.41) is 7.68. The molecule has 0 bridgehead atoms. The first-order chi connectivity index (χ1) is 13.1. The third-order valence-corrected chi connectivity index (χ3v) is 4.42. The number of benzene rings is 1. The van der Waals surface area contributed by atoms with E-state index in [0.717, 1.165) is 5.69 Å². The van der Waals surface area contributed by atoms with Crippen LogP contribution in [0.2, 0.25) is 0 Å². The number of hydrogen-bond donors (Lipinski definition) is 1. The molecule has 3 aromatic rings. The van der Waals surface area contributed by atoms with E-state index in [9.17, 15) is 9.59 Å². The highest BCUT2D eigenvalue weighted by atomic mass is 16.5. The number of rotatable bonds is 8. The lowest BCUT2D eigenvalue weighted by molar-refractivity contribution is -0.122. The molecule has 1 aromatic carbocycles. The molecule has 0 saturated heterocycles. The number of amides is 1. The van der Waals surface area contributed by atoms with Crippen molar-refractivity contribution >= 4 is 16.8 Å². The largest absolute Gasteiger partial charge is 0.382 e. The van der Waals surface area contributed by atoms with Crippen molar-refractivity contribution in [3.8, 4) is 0 Å². The topological polar surface area (TPSA) is 91.0 Å². The summed E-state index contributed by atoms with van der Waals surface area (Å²) in [5.41, 5.74) is 1.46. The molecule has 1 amide bonds. The molecular formula is C19H23N5O3. The molecule has 0 spiro atoms. The highest BCUT2D eigenvalue weighted by molar-refractivity contribution is 5.77. The standard InChI is InChI=1S/C19H23N5O3/c1-23-17(9-10-21-23)16(12-27-2)22-18(25)8-5-11-24-13-20-15-7-4-3-6-14(15)19(24)26/h3-4,6-7,9-10,13,16H,5,8,11-12H2,1-2H3,(H,22,25). The van der Waals surface area contributed by atoms with E-state index < -0.39 is 0 Å². The summed E-state index contributed by atoms with van der Waals surface area (Å²) in [6, 6.07) is 8.82. The number of nitrogens with one attached hydrogen (secondary N) is 1. The van der Waals surface area contributed by atoms with E-state index in [1.165, 1.54) is 6.33 Å². The van der Waals surface area contributed by atoms with Crippen LogP contribution in [0.1, 0.15) is 24.6 Å². The van der Waals surface area contributed by atoms with Crippen molar-refractivity contribution in [3.05, 3.63) is 58.9 Å². The zero-order valence-electron chi connectivity index (χ0n) is 15.5. The molecule has 0 fully saturated rings. The SMILES string of the molecule is COCC(NC(=O)CCCn1cnc2ccccc2c1=O)c1ccnn1C. The molecule has 1 unspecified atom stereocenters. The Labute approximate surface area is 156 Å². The highest BCUT2D eigenvalue weighted by Gasteiger charge is 2.17. The van der Waals surface area contributed by atoms with Gasteiger partial charge in [-0.05, 0) is 24.6 Å². The van der Waals surface area contributed by atoms with Crippen molar-refractivity contribution in [1.82, 2.24) is 24.6 Å². The number of fused-ring (bicyclic) bond motifs is 1. The van der Waals surface area contributed by atoms with Gasteiger partial charge < -0.3 is 10.1 Å². The summed E-state index contributed by atoms with van der Waals surface area (Å²) in [7, 11) is 3.41. The molecular weight excluding hydrogens is 346 g/mol. The molecule has 1 N–H and O–H groups in total. The number of methoxy groups -OCH3 is 1. The van der Waals surface area contributed by atoms with E-state index in [0.29, 0.717) is 36.9 Å². The first kappa shape index (κ1) is 18.8. The minimum atomic E-state index is -0.264. The van der Waals surface area contributed by atoms with Gasteiger partial charge in [0.2, 0.25) is 5.91 Å². The Morgan fingerprint density at radius 3 is 2.85 bits per heavy atom. The van der Waals surface area contributed by atoms with Gasteiger partial charge in [-0.1, -0.05) is 12.1 Å². The summed E-state index contributed by atoms with van der Waals surface area (Å²) in [4.78, 5) is 29.1. The van der Waals surface area contributed by atoms with Gasteiger partial charge in [-0.25, -0.2) is 4.98 Å². The van der Waals surface area contributed by atoms with Gasteiger partial charge in [0, 0.05) is 33.3 Å². The molecule has 0 aliphatic carbocycles. The van der Waals surface area contributed by atoms with Gasteiger partial charge in [0.1, 0.15) is 0 Å². The van der Waals surface area contributed by atoms with Crippen LogP contribution in [0.5, 0.6) is 0 Å². The van der Waals surface area contributed by atoms with Crippen LogP contribution >= 0.6 is 0 Å². The molecule has 27 heavy (non-hydrogen) atoms. The maximum Gasteiger partial charge on any atom is 0.261 e. The Morgan fingerprint density at radius 2 is 2.11 bits per heavy atom. The van der Waals surface area contributed by atoms with Gasteiger partial charge in [-0.3, -0.25) is 18.8 Å². The Hall–Kier alpha value is -3.00. The number of ether oxygens (including phenoxy) is 1. The van der Waals surface area contributed by atoms with Crippen molar-refractivity contribution in [2.24, 2.45) is 7.05 Å². The van der Waals surface area contributed by atoms with Crippen LogP contribution in [0, 0.1) is 0 Å². The van der Waals surface area contributed by atoms with Crippen molar-refractivity contribution in [3.63, 3.8) is 0 Å². The fourth-order valence-corrected chi connectivity index (χ4v) is 3.04. The predicted octanol–water partition coefficient (Wildman–Crippen LogP) is 1.41. The number of carbonyl (C=O) groups is 1. The summed E-state index contributed by atoms with van der Waals surface area (Å²) in [6.07, 6.45) is 4.06.